The number of para-hydroxylation sites is 2. The SMILES string of the molecule is CCn1c(=O)n(CCC(=O)NN2C(=O)NC3(CCC(C)CC3)C2=O)c2ccccc21. The molecule has 1 aliphatic carbocycles. The van der Waals surface area contributed by atoms with Gasteiger partial charge in [0.1, 0.15) is 5.54 Å². The van der Waals surface area contributed by atoms with Crippen molar-refractivity contribution in [3.05, 3.63) is 34.7 Å². The summed E-state index contributed by atoms with van der Waals surface area (Å²) in [4.78, 5) is 50.4. The van der Waals surface area contributed by atoms with Crippen LogP contribution in [0.3, 0.4) is 0 Å². The molecule has 2 aliphatic rings. The summed E-state index contributed by atoms with van der Waals surface area (Å²) >= 11 is 0. The van der Waals surface area contributed by atoms with Crippen molar-refractivity contribution >= 4 is 28.9 Å². The van der Waals surface area contributed by atoms with E-state index in [4.69, 9.17) is 0 Å². The molecule has 1 aromatic heterocycles. The fourth-order valence-electron chi connectivity index (χ4n) is 4.50. The van der Waals surface area contributed by atoms with E-state index in [9.17, 15) is 19.2 Å². The molecule has 0 unspecified atom stereocenters. The fourth-order valence-corrected chi connectivity index (χ4v) is 4.50. The zero-order chi connectivity index (χ0) is 21.5. The minimum Gasteiger partial charge on any atom is -0.322 e. The third kappa shape index (κ3) is 3.28. The molecule has 4 rings (SSSR count). The van der Waals surface area contributed by atoms with Crippen molar-refractivity contribution in [2.24, 2.45) is 5.92 Å². The summed E-state index contributed by atoms with van der Waals surface area (Å²) in [7, 11) is 0. The summed E-state index contributed by atoms with van der Waals surface area (Å²) in [5.74, 6) is -0.361. The van der Waals surface area contributed by atoms with E-state index < -0.39 is 23.4 Å². The van der Waals surface area contributed by atoms with Gasteiger partial charge in [-0.3, -0.25) is 24.1 Å². The van der Waals surface area contributed by atoms with Crippen LogP contribution in [0, 0.1) is 5.92 Å². The molecule has 160 valence electrons. The van der Waals surface area contributed by atoms with Gasteiger partial charge in [-0.2, -0.15) is 5.01 Å². The van der Waals surface area contributed by atoms with E-state index >= 15 is 0 Å². The zero-order valence-corrected chi connectivity index (χ0v) is 17.3. The first-order chi connectivity index (χ1) is 14.4. The number of benzene rings is 1. The lowest BCUT2D eigenvalue weighted by atomic mass is 9.77. The number of hydrogen-bond acceptors (Lipinski definition) is 4. The zero-order valence-electron chi connectivity index (χ0n) is 17.3. The Hall–Kier alpha value is -3.10. The molecule has 0 radical (unpaired) electrons. The standard InChI is InChI=1S/C21H27N5O4/c1-3-24-15-6-4-5-7-16(15)25(20(24)30)13-10-17(27)23-26-18(28)21(22-19(26)29)11-8-14(2)9-12-21/h4-7,14H,3,8-13H2,1-2H3,(H,22,29)(H,23,27). The van der Waals surface area contributed by atoms with Crippen LogP contribution >= 0.6 is 0 Å². The van der Waals surface area contributed by atoms with E-state index in [-0.39, 0.29) is 18.7 Å². The maximum absolute atomic E-state index is 12.8. The first-order valence-corrected chi connectivity index (χ1v) is 10.5. The highest BCUT2D eigenvalue weighted by atomic mass is 16.2. The lowest BCUT2D eigenvalue weighted by molar-refractivity contribution is -0.140. The second-order valence-corrected chi connectivity index (χ2v) is 8.29. The van der Waals surface area contributed by atoms with Gasteiger partial charge < -0.3 is 5.32 Å². The Kier molecular flexibility index (Phi) is 5.13. The van der Waals surface area contributed by atoms with Crippen LogP contribution in [0.25, 0.3) is 11.0 Å². The number of amides is 4. The minimum atomic E-state index is -0.900. The average molecular weight is 413 g/mol. The van der Waals surface area contributed by atoms with Gasteiger partial charge in [0.15, 0.2) is 0 Å². The summed E-state index contributed by atoms with van der Waals surface area (Å²) in [5.41, 5.74) is 2.91. The molecule has 2 heterocycles. The second-order valence-electron chi connectivity index (χ2n) is 8.29. The molecule has 1 aromatic carbocycles. The normalized spacial score (nSPS) is 23.9. The molecule has 9 nitrogen and oxygen atoms in total. The van der Waals surface area contributed by atoms with Gasteiger partial charge in [0, 0.05) is 19.5 Å². The number of imidazole rings is 1. The summed E-state index contributed by atoms with van der Waals surface area (Å²) in [5, 5.41) is 3.58. The average Bonchev–Trinajstić information content (AvgIpc) is 3.13. The number of aryl methyl sites for hydroxylation is 2. The van der Waals surface area contributed by atoms with Crippen LogP contribution in [0.15, 0.2) is 29.1 Å². The lowest BCUT2D eigenvalue weighted by Gasteiger charge is -2.33. The highest BCUT2D eigenvalue weighted by Crippen LogP contribution is 2.35. The van der Waals surface area contributed by atoms with Crippen molar-refractivity contribution < 1.29 is 14.4 Å². The van der Waals surface area contributed by atoms with Crippen molar-refractivity contribution in [1.82, 2.24) is 24.9 Å². The second kappa shape index (κ2) is 7.62. The number of hydrogen-bond donors (Lipinski definition) is 2. The van der Waals surface area contributed by atoms with E-state index in [1.807, 2.05) is 31.2 Å². The molecule has 1 spiro atoms. The molecule has 0 bridgehead atoms. The van der Waals surface area contributed by atoms with Gasteiger partial charge in [-0.25, -0.2) is 9.59 Å². The number of imide groups is 1. The van der Waals surface area contributed by atoms with Crippen LogP contribution in [0.2, 0.25) is 0 Å². The van der Waals surface area contributed by atoms with Crippen molar-refractivity contribution in [2.45, 2.75) is 64.6 Å². The Bertz CT molecular complexity index is 1060. The molecule has 4 amide bonds. The molecule has 9 heteroatoms. The van der Waals surface area contributed by atoms with Crippen LogP contribution in [0.1, 0.15) is 46.0 Å². The predicted octanol–water partition coefficient (Wildman–Crippen LogP) is 1.74. The van der Waals surface area contributed by atoms with E-state index in [1.54, 1.807) is 9.13 Å². The van der Waals surface area contributed by atoms with Gasteiger partial charge in [0.05, 0.1) is 11.0 Å². The van der Waals surface area contributed by atoms with Crippen LogP contribution in [0.5, 0.6) is 0 Å². The molecule has 1 saturated heterocycles. The van der Waals surface area contributed by atoms with E-state index in [1.165, 1.54) is 0 Å². The van der Waals surface area contributed by atoms with Gasteiger partial charge >= 0.3 is 11.7 Å². The van der Waals surface area contributed by atoms with E-state index in [0.717, 1.165) is 28.9 Å². The van der Waals surface area contributed by atoms with E-state index in [2.05, 4.69) is 17.7 Å². The number of aromatic nitrogens is 2. The van der Waals surface area contributed by atoms with E-state index in [0.29, 0.717) is 25.3 Å². The number of rotatable bonds is 5. The van der Waals surface area contributed by atoms with Gasteiger partial charge in [0.25, 0.3) is 5.91 Å². The highest BCUT2D eigenvalue weighted by Gasteiger charge is 2.52. The molecular formula is C21H27N5O4. The first kappa shape index (κ1) is 20.2. The van der Waals surface area contributed by atoms with Gasteiger partial charge in [-0.05, 0) is 50.7 Å². The molecule has 2 fully saturated rings. The van der Waals surface area contributed by atoms with Crippen LogP contribution in [-0.4, -0.2) is 37.5 Å². The van der Waals surface area contributed by atoms with Crippen molar-refractivity contribution in [3.8, 4) is 0 Å². The number of carbonyl (C=O) groups excluding carboxylic acids is 3. The molecular weight excluding hydrogens is 386 g/mol. The monoisotopic (exact) mass is 413 g/mol. The molecule has 1 aliphatic heterocycles. The van der Waals surface area contributed by atoms with Gasteiger partial charge in [0.2, 0.25) is 5.91 Å². The Morgan fingerprint density at radius 1 is 1.13 bits per heavy atom. The molecule has 0 atom stereocenters. The Morgan fingerprint density at radius 3 is 2.40 bits per heavy atom. The van der Waals surface area contributed by atoms with Crippen LogP contribution in [0.4, 0.5) is 4.79 Å². The maximum Gasteiger partial charge on any atom is 0.344 e. The van der Waals surface area contributed by atoms with Crippen molar-refractivity contribution in [3.63, 3.8) is 0 Å². The summed E-state index contributed by atoms with van der Waals surface area (Å²) in [6.45, 7) is 4.71. The third-order valence-electron chi connectivity index (χ3n) is 6.33. The summed E-state index contributed by atoms with van der Waals surface area (Å²) < 4.78 is 3.20. The third-order valence-corrected chi connectivity index (χ3v) is 6.33. The van der Waals surface area contributed by atoms with Gasteiger partial charge in [-0.15, -0.1) is 0 Å². The Balaban J connectivity index is 1.44. The van der Waals surface area contributed by atoms with Crippen molar-refractivity contribution in [2.75, 3.05) is 0 Å². The van der Waals surface area contributed by atoms with Crippen LogP contribution < -0.4 is 16.4 Å². The van der Waals surface area contributed by atoms with Crippen LogP contribution in [-0.2, 0) is 22.7 Å². The molecule has 1 saturated carbocycles. The Morgan fingerprint density at radius 2 is 1.77 bits per heavy atom. The fraction of sp³-hybridized carbons (Fsp3) is 0.524. The summed E-state index contributed by atoms with van der Waals surface area (Å²) in [6, 6.07) is 6.82. The van der Waals surface area contributed by atoms with Gasteiger partial charge in [-0.1, -0.05) is 19.1 Å². The molecule has 30 heavy (non-hydrogen) atoms. The smallest absolute Gasteiger partial charge is 0.322 e. The number of hydrazine groups is 1. The largest absolute Gasteiger partial charge is 0.344 e. The van der Waals surface area contributed by atoms with Crippen molar-refractivity contribution in [1.29, 1.82) is 0 Å². The highest BCUT2D eigenvalue weighted by molar-refractivity contribution is 6.08. The minimum absolute atomic E-state index is 0.0290. The quantitative estimate of drug-likeness (QED) is 0.729. The summed E-state index contributed by atoms with van der Waals surface area (Å²) in [6.07, 6.45) is 2.85. The number of carbonyl (C=O) groups is 3. The molecule has 2 aromatic rings. The number of nitrogens with one attached hydrogen (secondary N) is 2. The Labute approximate surface area is 174 Å². The number of fused-ring (bicyclic) bond motifs is 1. The first-order valence-electron chi connectivity index (χ1n) is 10.5. The maximum atomic E-state index is 12.8. The topological polar surface area (TPSA) is 105 Å². The predicted molar refractivity (Wildman–Crippen MR) is 110 cm³/mol. The lowest BCUT2D eigenvalue weighted by Crippen LogP contribution is -2.51. The molecule has 2 N–H and O–H groups in total. The number of urea groups is 1. The number of nitrogens with zero attached hydrogens (tertiary/aromatic N) is 3.